The molecule has 21 heavy (non-hydrogen) atoms. The molecule has 1 unspecified atom stereocenters. The Kier molecular flexibility index (Phi) is 5.08. The van der Waals surface area contributed by atoms with E-state index in [1.165, 1.54) is 0 Å². The van der Waals surface area contributed by atoms with Gasteiger partial charge in [0.25, 0.3) is 0 Å². The molecule has 1 heterocycles. The van der Waals surface area contributed by atoms with Crippen molar-refractivity contribution in [2.24, 2.45) is 5.92 Å². The SMILES string of the molecule is CC(C)(C)OC(=O)NC(CC1CC1)C(=O)N1CCNCC1. The van der Waals surface area contributed by atoms with Crippen molar-refractivity contribution in [3.05, 3.63) is 0 Å². The minimum Gasteiger partial charge on any atom is -0.444 e. The minimum atomic E-state index is -0.549. The lowest BCUT2D eigenvalue weighted by Gasteiger charge is -2.31. The number of alkyl carbamates (subject to hydrolysis) is 1. The van der Waals surface area contributed by atoms with Gasteiger partial charge in [-0.25, -0.2) is 4.79 Å². The van der Waals surface area contributed by atoms with Gasteiger partial charge in [0.05, 0.1) is 0 Å². The maximum Gasteiger partial charge on any atom is 0.408 e. The molecule has 1 aliphatic heterocycles. The van der Waals surface area contributed by atoms with Crippen LogP contribution in [-0.4, -0.2) is 54.7 Å². The van der Waals surface area contributed by atoms with Gasteiger partial charge < -0.3 is 20.3 Å². The number of ether oxygens (including phenoxy) is 1. The second-order valence-electron chi connectivity index (χ2n) is 6.95. The van der Waals surface area contributed by atoms with Crippen LogP contribution in [0.3, 0.4) is 0 Å². The van der Waals surface area contributed by atoms with Crippen LogP contribution in [0.4, 0.5) is 4.79 Å². The van der Waals surface area contributed by atoms with Crippen molar-refractivity contribution in [1.82, 2.24) is 15.5 Å². The summed E-state index contributed by atoms with van der Waals surface area (Å²) in [7, 11) is 0. The molecular formula is C15H27N3O3. The number of hydrogen-bond acceptors (Lipinski definition) is 4. The van der Waals surface area contributed by atoms with Crippen molar-refractivity contribution < 1.29 is 14.3 Å². The summed E-state index contributed by atoms with van der Waals surface area (Å²) >= 11 is 0. The van der Waals surface area contributed by atoms with E-state index in [2.05, 4.69) is 10.6 Å². The molecule has 0 bridgehead atoms. The molecular weight excluding hydrogens is 270 g/mol. The Labute approximate surface area is 126 Å². The van der Waals surface area contributed by atoms with Crippen LogP contribution in [0.2, 0.25) is 0 Å². The van der Waals surface area contributed by atoms with Crippen molar-refractivity contribution >= 4 is 12.0 Å². The monoisotopic (exact) mass is 297 g/mol. The van der Waals surface area contributed by atoms with E-state index in [1.54, 1.807) is 0 Å². The number of carbonyl (C=O) groups excluding carboxylic acids is 2. The van der Waals surface area contributed by atoms with Gasteiger partial charge in [0.15, 0.2) is 0 Å². The summed E-state index contributed by atoms with van der Waals surface area (Å²) in [5, 5.41) is 6.00. The highest BCUT2D eigenvalue weighted by Gasteiger charge is 2.34. The van der Waals surface area contributed by atoms with Crippen LogP contribution in [0.15, 0.2) is 0 Å². The van der Waals surface area contributed by atoms with Crippen LogP contribution < -0.4 is 10.6 Å². The lowest BCUT2D eigenvalue weighted by atomic mass is 10.1. The zero-order valence-corrected chi connectivity index (χ0v) is 13.3. The Morgan fingerprint density at radius 1 is 1.29 bits per heavy atom. The molecule has 2 fully saturated rings. The zero-order valence-electron chi connectivity index (χ0n) is 13.3. The largest absolute Gasteiger partial charge is 0.444 e. The highest BCUT2D eigenvalue weighted by molar-refractivity contribution is 5.86. The molecule has 0 spiro atoms. The lowest BCUT2D eigenvalue weighted by Crippen LogP contribution is -2.54. The Bertz CT molecular complexity index is 382. The van der Waals surface area contributed by atoms with Gasteiger partial charge in [0.1, 0.15) is 11.6 Å². The van der Waals surface area contributed by atoms with Crippen molar-refractivity contribution in [1.29, 1.82) is 0 Å². The predicted molar refractivity (Wildman–Crippen MR) is 79.9 cm³/mol. The Hall–Kier alpha value is -1.30. The van der Waals surface area contributed by atoms with Crippen LogP contribution >= 0.6 is 0 Å². The molecule has 6 heteroatoms. The number of nitrogens with one attached hydrogen (secondary N) is 2. The van der Waals surface area contributed by atoms with E-state index in [1.807, 2.05) is 25.7 Å². The topological polar surface area (TPSA) is 70.7 Å². The average Bonchev–Trinajstić information content (AvgIpc) is 3.20. The molecule has 0 radical (unpaired) electrons. The van der Waals surface area contributed by atoms with Crippen LogP contribution in [-0.2, 0) is 9.53 Å². The van der Waals surface area contributed by atoms with Gasteiger partial charge in [0, 0.05) is 26.2 Å². The fraction of sp³-hybridized carbons (Fsp3) is 0.867. The van der Waals surface area contributed by atoms with E-state index < -0.39 is 17.7 Å². The first-order chi connectivity index (χ1) is 9.85. The smallest absolute Gasteiger partial charge is 0.408 e. The standard InChI is InChI=1S/C15H27N3O3/c1-15(2,3)21-14(20)17-12(10-11-4-5-11)13(19)18-8-6-16-7-9-18/h11-12,16H,4-10H2,1-3H3,(H,17,20). The molecule has 6 nitrogen and oxygen atoms in total. The normalized spacial score (nSPS) is 20.8. The van der Waals surface area contributed by atoms with Crippen molar-refractivity contribution in [2.75, 3.05) is 26.2 Å². The van der Waals surface area contributed by atoms with E-state index in [0.717, 1.165) is 32.4 Å². The molecule has 0 aromatic rings. The summed E-state index contributed by atoms with van der Waals surface area (Å²) in [6.07, 6.45) is 2.53. The third-order valence-electron chi connectivity index (χ3n) is 3.68. The van der Waals surface area contributed by atoms with Crippen molar-refractivity contribution in [2.45, 2.75) is 51.7 Å². The molecule has 1 aliphatic carbocycles. The van der Waals surface area contributed by atoms with Gasteiger partial charge in [-0.1, -0.05) is 12.8 Å². The first-order valence-corrected chi connectivity index (χ1v) is 7.84. The van der Waals surface area contributed by atoms with Crippen molar-refractivity contribution in [3.63, 3.8) is 0 Å². The first kappa shape index (κ1) is 16.1. The van der Waals surface area contributed by atoms with Gasteiger partial charge in [-0.15, -0.1) is 0 Å². The first-order valence-electron chi connectivity index (χ1n) is 7.84. The minimum absolute atomic E-state index is 0.0225. The fourth-order valence-electron chi connectivity index (χ4n) is 2.46. The number of nitrogens with zero attached hydrogens (tertiary/aromatic N) is 1. The summed E-state index contributed by atoms with van der Waals surface area (Å²) in [6.45, 7) is 8.50. The molecule has 1 saturated carbocycles. The molecule has 2 rings (SSSR count). The maximum absolute atomic E-state index is 12.6. The molecule has 0 aromatic heterocycles. The molecule has 1 saturated heterocycles. The number of piperazine rings is 1. The van der Waals surface area contributed by atoms with Gasteiger partial charge in [-0.05, 0) is 33.1 Å². The highest BCUT2D eigenvalue weighted by atomic mass is 16.6. The van der Waals surface area contributed by atoms with Crippen LogP contribution in [0.5, 0.6) is 0 Å². The van der Waals surface area contributed by atoms with E-state index in [0.29, 0.717) is 19.0 Å². The van der Waals surface area contributed by atoms with Crippen LogP contribution in [0, 0.1) is 5.92 Å². The summed E-state index contributed by atoms with van der Waals surface area (Å²) < 4.78 is 5.27. The Morgan fingerprint density at radius 3 is 2.43 bits per heavy atom. The zero-order chi connectivity index (χ0) is 15.5. The number of hydrogen-bond donors (Lipinski definition) is 2. The van der Waals surface area contributed by atoms with Gasteiger partial charge in [0.2, 0.25) is 5.91 Å². The third kappa shape index (κ3) is 5.53. The van der Waals surface area contributed by atoms with E-state index in [-0.39, 0.29) is 5.91 Å². The summed E-state index contributed by atoms with van der Waals surface area (Å²) in [6, 6.07) is -0.453. The Morgan fingerprint density at radius 2 is 1.90 bits per heavy atom. The summed E-state index contributed by atoms with van der Waals surface area (Å²) in [4.78, 5) is 26.4. The number of carbonyl (C=O) groups is 2. The van der Waals surface area contributed by atoms with Crippen molar-refractivity contribution in [3.8, 4) is 0 Å². The molecule has 2 amide bonds. The Balaban J connectivity index is 1.92. The van der Waals surface area contributed by atoms with Gasteiger partial charge >= 0.3 is 6.09 Å². The van der Waals surface area contributed by atoms with E-state index >= 15 is 0 Å². The average molecular weight is 297 g/mol. The second kappa shape index (κ2) is 6.64. The molecule has 1 atom stereocenters. The van der Waals surface area contributed by atoms with Gasteiger partial charge in [-0.2, -0.15) is 0 Å². The number of amides is 2. The van der Waals surface area contributed by atoms with E-state index in [9.17, 15) is 9.59 Å². The maximum atomic E-state index is 12.6. The highest BCUT2D eigenvalue weighted by Crippen LogP contribution is 2.34. The second-order valence-corrected chi connectivity index (χ2v) is 6.95. The van der Waals surface area contributed by atoms with Crippen LogP contribution in [0.25, 0.3) is 0 Å². The molecule has 0 aromatic carbocycles. The summed E-state index contributed by atoms with van der Waals surface area (Å²) in [5.41, 5.74) is -0.549. The molecule has 2 aliphatic rings. The fourth-order valence-corrected chi connectivity index (χ4v) is 2.46. The van der Waals surface area contributed by atoms with E-state index in [4.69, 9.17) is 4.74 Å². The third-order valence-corrected chi connectivity index (χ3v) is 3.68. The number of rotatable bonds is 4. The molecule has 120 valence electrons. The quantitative estimate of drug-likeness (QED) is 0.815. The molecule has 2 N–H and O–H groups in total. The lowest BCUT2D eigenvalue weighted by molar-refractivity contribution is -0.134. The predicted octanol–water partition coefficient (Wildman–Crippen LogP) is 1.11. The van der Waals surface area contributed by atoms with Crippen LogP contribution in [0.1, 0.15) is 40.0 Å². The van der Waals surface area contributed by atoms with Gasteiger partial charge in [-0.3, -0.25) is 4.79 Å². The summed E-state index contributed by atoms with van der Waals surface area (Å²) in [5.74, 6) is 0.589.